The molecular weight excluding hydrogens is 476 g/mol. The summed E-state index contributed by atoms with van der Waals surface area (Å²) in [7, 11) is 0. The van der Waals surface area contributed by atoms with Crippen LogP contribution in [0.25, 0.3) is 0 Å². The maximum atomic E-state index is 12.4. The summed E-state index contributed by atoms with van der Waals surface area (Å²) in [6.45, 7) is 12.8. The molecule has 0 unspecified atom stereocenters. The zero-order valence-electron chi connectivity index (χ0n) is 21.1. The Hall–Kier alpha value is -2.14. The van der Waals surface area contributed by atoms with Crippen LogP contribution in [0.3, 0.4) is 0 Å². The van der Waals surface area contributed by atoms with Gasteiger partial charge in [0.25, 0.3) is 0 Å². The van der Waals surface area contributed by atoms with E-state index in [1.54, 1.807) is 24.6 Å². The molecule has 1 aliphatic rings. The van der Waals surface area contributed by atoms with Crippen LogP contribution in [0.2, 0.25) is 0 Å². The molecule has 2 N–H and O–H groups in total. The van der Waals surface area contributed by atoms with Crippen LogP contribution in [0.15, 0.2) is 46.4 Å². The number of aliphatic imine (C=N–C) groups is 2. The van der Waals surface area contributed by atoms with E-state index < -0.39 is 0 Å². The SMILES string of the molecule is CC(C)(C)c1ccc([O-])c(C=N[C@@H]2CCCC[C@H]2N=Cc2cc(C(C)(C)C)ccc2[O-])c1.O.[Cu+2]. The fourth-order valence-electron chi connectivity index (χ4n) is 4.02. The smallest absolute Gasteiger partial charge is 0.872 e. The van der Waals surface area contributed by atoms with E-state index in [0.29, 0.717) is 11.1 Å². The van der Waals surface area contributed by atoms with Crippen molar-refractivity contribution in [3.63, 3.8) is 0 Å². The van der Waals surface area contributed by atoms with E-state index in [1.807, 2.05) is 24.3 Å². The van der Waals surface area contributed by atoms with Crippen molar-refractivity contribution in [1.29, 1.82) is 0 Å². The molecule has 34 heavy (non-hydrogen) atoms. The van der Waals surface area contributed by atoms with Crippen molar-refractivity contribution in [1.82, 2.24) is 0 Å². The Balaban J connectivity index is 0.00000289. The molecule has 0 heterocycles. The van der Waals surface area contributed by atoms with Crippen molar-refractivity contribution >= 4 is 12.4 Å². The molecule has 2 atom stereocenters. The Bertz CT molecular complexity index is 922. The molecule has 1 aliphatic carbocycles. The average molecular weight is 514 g/mol. The van der Waals surface area contributed by atoms with Crippen molar-refractivity contribution < 1.29 is 32.8 Å². The average Bonchev–Trinajstić information content (AvgIpc) is 2.71. The maximum Gasteiger partial charge on any atom is 2.00 e. The monoisotopic (exact) mass is 513 g/mol. The molecule has 2 aromatic rings. The number of rotatable bonds is 4. The minimum atomic E-state index is -0.0222. The van der Waals surface area contributed by atoms with Crippen LogP contribution in [0.4, 0.5) is 0 Å². The van der Waals surface area contributed by atoms with Gasteiger partial charge in [0, 0.05) is 12.4 Å². The van der Waals surface area contributed by atoms with Crippen LogP contribution < -0.4 is 10.2 Å². The summed E-state index contributed by atoms with van der Waals surface area (Å²) in [4.78, 5) is 9.59. The molecule has 1 saturated carbocycles. The molecule has 1 radical (unpaired) electrons. The zero-order valence-corrected chi connectivity index (χ0v) is 22.1. The van der Waals surface area contributed by atoms with Gasteiger partial charge in [-0.1, -0.05) is 90.8 Å². The van der Waals surface area contributed by atoms with E-state index in [0.717, 1.165) is 36.8 Å². The van der Waals surface area contributed by atoms with Gasteiger partial charge < -0.3 is 15.7 Å². The molecule has 0 amide bonds. The molecule has 0 aromatic heterocycles. The van der Waals surface area contributed by atoms with Gasteiger partial charge in [-0.15, -0.1) is 11.5 Å². The Kier molecular flexibility index (Phi) is 10.6. The molecule has 3 rings (SSSR count). The van der Waals surface area contributed by atoms with Crippen LogP contribution in [0.1, 0.15) is 89.5 Å². The molecular formula is C28H38CuN2O3. The number of hydrogen-bond acceptors (Lipinski definition) is 4. The first-order chi connectivity index (χ1) is 14.9. The van der Waals surface area contributed by atoms with E-state index >= 15 is 0 Å². The Morgan fingerprint density at radius 1 is 0.706 bits per heavy atom. The predicted octanol–water partition coefficient (Wildman–Crippen LogP) is 4.45. The third kappa shape index (κ3) is 7.69. The molecule has 2 aromatic carbocycles. The van der Waals surface area contributed by atoms with Gasteiger partial charge in [-0.05, 0) is 45.9 Å². The summed E-state index contributed by atoms with van der Waals surface area (Å²) in [6, 6.07) is 11.0. The van der Waals surface area contributed by atoms with Gasteiger partial charge in [-0.3, -0.25) is 9.98 Å². The first kappa shape index (κ1) is 29.9. The molecule has 1 fully saturated rings. The topological polar surface area (TPSA) is 102 Å². The maximum absolute atomic E-state index is 12.4. The largest absolute Gasteiger partial charge is 2.00 e. The number of nitrogens with zero attached hydrogens (tertiary/aromatic N) is 2. The van der Waals surface area contributed by atoms with Gasteiger partial charge in [0.15, 0.2) is 0 Å². The van der Waals surface area contributed by atoms with E-state index in [-0.39, 0.29) is 57.0 Å². The van der Waals surface area contributed by atoms with Crippen LogP contribution in [-0.4, -0.2) is 30.0 Å². The number of benzene rings is 2. The normalized spacial score (nSPS) is 19.1. The Labute approximate surface area is 215 Å². The van der Waals surface area contributed by atoms with E-state index in [9.17, 15) is 10.2 Å². The first-order valence-corrected chi connectivity index (χ1v) is 11.6. The van der Waals surface area contributed by atoms with Crippen molar-refractivity contribution in [3.05, 3.63) is 58.7 Å². The van der Waals surface area contributed by atoms with Gasteiger partial charge >= 0.3 is 17.1 Å². The Morgan fingerprint density at radius 2 is 1.06 bits per heavy atom. The van der Waals surface area contributed by atoms with Crippen molar-refractivity contribution in [2.45, 2.75) is 90.1 Å². The number of hydrogen-bond donors (Lipinski definition) is 0. The van der Waals surface area contributed by atoms with Crippen LogP contribution in [0, 0.1) is 0 Å². The van der Waals surface area contributed by atoms with E-state index in [1.165, 1.54) is 0 Å². The molecule has 189 valence electrons. The van der Waals surface area contributed by atoms with Crippen LogP contribution in [-0.2, 0) is 27.9 Å². The summed E-state index contributed by atoms with van der Waals surface area (Å²) in [5.74, 6) is -0.0137. The van der Waals surface area contributed by atoms with E-state index in [4.69, 9.17) is 9.98 Å². The molecule has 0 saturated heterocycles. The molecule has 5 nitrogen and oxygen atoms in total. The van der Waals surface area contributed by atoms with E-state index in [2.05, 4.69) is 41.5 Å². The van der Waals surface area contributed by atoms with Crippen LogP contribution >= 0.6 is 0 Å². The van der Waals surface area contributed by atoms with Crippen molar-refractivity contribution in [2.75, 3.05) is 0 Å². The minimum absolute atomic E-state index is 0. The quantitative estimate of drug-likeness (QED) is 0.445. The molecule has 0 aliphatic heterocycles. The van der Waals surface area contributed by atoms with Gasteiger partial charge in [0.05, 0.1) is 12.1 Å². The summed E-state index contributed by atoms with van der Waals surface area (Å²) in [5.41, 5.74) is 3.46. The van der Waals surface area contributed by atoms with Crippen LogP contribution in [0.5, 0.6) is 11.5 Å². The van der Waals surface area contributed by atoms with Crippen molar-refractivity contribution in [3.8, 4) is 11.5 Å². The summed E-state index contributed by atoms with van der Waals surface area (Å²) >= 11 is 0. The minimum Gasteiger partial charge on any atom is -0.872 e. The summed E-state index contributed by atoms with van der Waals surface area (Å²) in [5, 5.41) is 24.7. The molecule has 6 heteroatoms. The second-order valence-corrected chi connectivity index (χ2v) is 11.0. The zero-order chi connectivity index (χ0) is 23.5. The molecule has 0 spiro atoms. The Morgan fingerprint density at radius 3 is 1.38 bits per heavy atom. The fraction of sp³-hybridized carbons (Fsp3) is 0.500. The fourth-order valence-corrected chi connectivity index (χ4v) is 4.02. The summed E-state index contributed by atoms with van der Waals surface area (Å²) < 4.78 is 0. The van der Waals surface area contributed by atoms with Gasteiger partial charge in [0.1, 0.15) is 0 Å². The second kappa shape index (κ2) is 12.0. The second-order valence-electron chi connectivity index (χ2n) is 11.0. The first-order valence-electron chi connectivity index (χ1n) is 11.6. The summed E-state index contributed by atoms with van der Waals surface area (Å²) in [6.07, 6.45) is 7.56. The predicted molar refractivity (Wildman–Crippen MR) is 134 cm³/mol. The van der Waals surface area contributed by atoms with Gasteiger partial charge in [0.2, 0.25) is 0 Å². The van der Waals surface area contributed by atoms with Gasteiger partial charge in [-0.2, -0.15) is 0 Å². The third-order valence-electron chi connectivity index (χ3n) is 6.26. The standard InChI is InChI=1S/C28H38N2O2.Cu.H2O/c1-27(2,3)21-11-13-25(31)19(15-21)17-29-23-9-7-8-10-24(23)30-18-20-16-22(28(4,5)6)12-14-26(20)32;;/h11-18,23-24,31-32H,7-10H2,1-6H3;;1H2/q;+2;/p-2/t23-,24-;;/m1../s1. The molecule has 0 bridgehead atoms. The third-order valence-corrected chi connectivity index (χ3v) is 6.26. The van der Waals surface area contributed by atoms with Crippen molar-refractivity contribution in [2.24, 2.45) is 9.98 Å². The van der Waals surface area contributed by atoms with Gasteiger partial charge in [-0.25, -0.2) is 0 Å².